The summed E-state index contributed by atoms with van der Waals surface area (Å²) in [5, 5.41) is 3.36. The van der Waals surface area contributed by atoms with Gasteiger partial charge in [-0.3, -0.25) is 4.90 Å². The Morgan fingerprint density at radius 2 is 1.73 bits per heavy atom. The Labute approximate surface area is 179 Å². The number of benzene rings is 2. The first kappa shape index (κ1) is 21.4. The molecule has 1 atom stereocenters. The van der Waals surface area contributed by atoms with Crippen LogP contribution in [0.4, 0.5) is 10.1 Å². The molecule has 6 nitrogen and oxygen atoms in total. The zero-order valence-corrected chi connectivity index (χ0v) is 17.8. The molecule has 0 saturated heterocycles. The van der Waals surface area contributed by atoms with E-state index in [2.05, 4.69) is 5.32 Å². The highest BCUT2D eigenvalue weighted by atomic mass is 32.1. The van der Waals surface area contributed by atoms with Gasteiger partial charge in [0.25, 0.3) is 0 Å². The molecule has 0 saturated carbocycles. The highest BCUT2D eigenvalue weighted by Gasteiger charge is 2.37. The van der Waals surface area contributed by atoms with E-state index in [4.69, 9.17) is 21.7 Å². The summed E-state index contributed by atoms with van der Waals surface area (Å²) in [5.41, 5.74) is 2.50. The van der Waals surface area contributed by atoms with Gasteiger partial charge in [-0.1, -0.05) is 24.3 Å². The summed E-state index contributed by atoms with van der Waals surface area (Å²) in [5.74, 6) is -1.52. The molecule has 0 spiro atoms. The maximum absolute atomic E-state index is 14.2. The third kappa shape index (κ3) is 3.78. The van der Waals surface area contributed by atoms with Crippen molar-refractivity contribution in [3.05, 3.63) is 76.2 Å². The van der Waals surface area contributed by atoms with Crippen LogP contribution in [0.2, 0.25) is 0 Å². The number of thiocarbonyl (C=S) groups is 1. The van der Waals surface area contributed by atoms with E-state index in [-0.39, 0.29) is 16.5 Å². The van der Waals surface area contributed by atoms with Crippen LogP contribution >= 0.6 is 12.2 Å². The van der Waals surface area contributed by atoms with Gasteiger partial charge >= 0.3 is 11.9 Å². The lowest BCUT2D eigenvalue weighted by Gasteiger charge is -2.37. The fraction of sp³-hybridized carbons (Fsp3) is 0.227. The number of ether oxygens (including phenoxy) is 2. The summed E-state index contributed by atoms with van der Waals surface area (Å²) in [6.07, 6.45) is 0. The van der Waals surface area contributed by atoms with Crippen molar-refractivity contribution >= 4 is 35.0 Å². The number of nitrogens with one attached hydrogen (secondary N) is 1. The Hall–Kier alpha value is -3.26. The van der Waals surface area contributed by atoms with Crippen molar-refractivity contribution < 1.29 is 23.5 Å². The topological polar surface area (TPSA) is 67.9 Å². The van der Waals surface area contributed by atoms with Crippen LogP contribution in [0, 0.1) is 12.7 Å². The van der Waals surface area contributed by atoms with Gasteiger partial charge < -0.3 is 14.8 Å². The summed E-state index contributed by atoms with van der Waals surface area (Å²) < 4.78 is 24.1. The van der Waals surface area contributed by atoms with Crippen molar-refractivity contribution in [1.82, 2.24) is 5.32 Å². The Kier molecular flexibility index (Phi) is 6.17. The van der Waals surface area contributed by atoms with Crippen molar-refractivity contribution in [1.29, 1.82) is 0 Å². The molecule has 1 N–H and O–H groups in total. The lowest BCUT2D eigenvalue weighted by Crippen LogP contribution is -2.48. The number of esters is 2. The van der Waals surface area contributed by atoms with E-state index < -0.39 is 18.0 Å². The smallest absolute Gasteiger partial charge is 0.338 e. The largest absolute Gasteiger partial charge is 0.466 e. The van der Waals surface area contributed by atoms with Gasteiger partial charge in [0.15, 0.2) is 5.11 Å². The van der Waals surface area contributed by atoms with Gasteiger partial charge in [-0.25, -0.2) is 14.0 Å². The molecule has 3 rings (SSSR count). The lowest BCUT2D eigenvalue weighted by atomic mass is 9.91. The van der Waals surface area contributed by atoms with E-state index in [1.165, 1.54) is 20.3 Å². The van der Waals surface area contributed by atoms with Crippen LogP contribution in [0.25, 0.3) is 0 Å². The Bertz CT molecular complexity index is 1070. The van der Waals surface area contributed by atoms with Crippen LogP contribution in [0.5, 0.6) is 0 Å². The fourth-order valence-corrected chi connectivity index (χ4v) is 3.79. The molecule has 1 heterocycles. The number of rotatable bonds is 4. The van der Waals surface area contributed by atoms with Crippen molar-refractivity contribution in [2.24, 2.45) is 0 Å². The molecule has 30 heavy (non-hydrogen) atoms. The molecule has 0 fully saturated rings. The summed E-state index contributed by atoms with van der Waals surface area (Å²) in [7, 11) is 2.56. The number of carbonyl (C=O) groups excluding carboxylic acids is 2. The van der Waals surface area contributed by atoms with E-state index in [1.54, 1.807) is 55.1 Å². The number of methoxy groups -OCH3 is 2. The maximum Gasteiger partial charge on any atom is 0.338 e. The third-order valence-electron chi connectivity index (χ3n) is 4.98. The highest BCUT2D eigenvalue weighted by molar-refractivity contribution is 7.80. The minimum Gasteiger partial charge on any atom is -0.466 e. The van der Waals surface area contributed by atoms with Crippen LogP contribution in [-0.4, -0.2) is 31.3 Å². The quantitative estimate of drug-likeness (QED) is 0.587. The number of allylic oxidation sites excluding steroid dienone is 1. The molecule has 1 aliphatic rings. The second-order valence-corrected chi connectivity index (χ2v) is 7.11. The molecule has 0 amide bonds. The van der Waals surface area contributed by atoms with Gasteiger partial charge in [-0.05, 0) is 55.4 Å². The second kappa shape index (κ2) is 8.62. The molecule has 0 aliphatic carbocycles. The summed E-state index contributed by atoms with van der Waals surface area (Å²) >= 11 is 5.54. The van der Waals surface area contributed by atoms with Crippen LogP contribution in [-0.2, 0) is 14.3 Å². The van der Waals surface area contributed by atoms with Crippen molar-refractivity contribution in [3.8, 4) is 0 Å². The maximum atomic E-state index is 14.2. The predicted molar refractivity (Wildman–Crippen MR) is 115 cm³/mol. The molecule has 8 heteroatoms. The Balaban J connectivity index is 2.20. The molecule has 0 unspecified atom stereocenters. The predicted octanol–water partition coefficient (Wildman–Crippen LogP) is 3.80. The number of carbonyl (C=O) groups is 2. The van der Waals surface area contributed by atoms with Gasteiger partial charge in [-0.15, -0.1) is 0 Å². The Morgan fingerprint density at radius 3 is 2.37 bits per heavy atom. The average molecular weight is 428 g/mol. The second-order valence-electron chi connectivity index (χ2n) is 6.72. The molecule has 2 aromatic rings. The normalized spacial score (nSPS) is 16.2. The molecule has 156 valence electrons. The minimum atomic E-state index is -0.744. The van der Waals surface area contributed by atoms with E-state index in [0.717, 1.165) is 0 Å². The number of hydrogen-bond acceptors (Lipinski definition) is 5. The number of aryl methyl sites for hydroxylation is 1. The number of halogens is 1. The number of hydrogen-bond donors (Lipinski definition) is 1. The lowest BCUT2D eigenvalue weighted by molar-refractivity contribution is -0.136. The molecule has 0 radical (unpaired) electrons. The van der Waals surface area contributed by atoms with Crippen LogP contribution in [0.15, 0.2) is 53.7 Å². The zero-order valence-electron chi connectivity index (χ0n) is 17.0. The van der Waals surface area contributed by atoms with E-state index in [0.29, 0.717) is 28.1 Å². The van der Waals surface area contributed by atoms with Crippen molar-refractivity contribution in [2.75, 3.05) is 19.1 Å². The molecule has 0 bridgehead atoms. The van der Waals surface area contributed by atoms with E-state index in [1.807, 2.05) is 0 Å². The molecule has 0 aromatic heterocycles. The first-order valence-electron chi connectivity index (χ1n) is 9.13. The van der Waals surface area contributed by atoms with Crippen molar-refractivity contribution in [2.45, 2.75) is 19.9 Å². The number of anilines is 1. The zero-order chi connectivity index (χ0) is 22.0. The first-order chi connectivity index (χ1) is 14.3. The summed E-state index contributed by atoms with van der Waals surface area (Å²) in [6, 6.07) is 10.7. The van der Waals surface area contributed by atoms with Gasteiger partial charge in [0.1, 0.15) is 5.82 Å². The molecule has 1 aliphatic heterocycles. The number of nitrogens with zero attached hydrogens (tertiary/aromatic N) is 1. The van der Waals surface area contributed by atoms with Gasteiger partial charge in [0, 0.05) is 5.70 Å². The fourth-order valence-electron chi connectivity index (χ4n) is 3.43. The van der Waals surface area contributed by atoms with Crippen molar-refractivity contribution in [3.63, 3.8) is 0 Å². The average Bonchev–Trinajstić information content (AvgIpc) is 2.74. The van der Waals surface area contributed by atoms with E-state index >= 15 is 0 Å². The molecular formula is C22H21FN2O4S. The SMILES string of the molecule is COC(=O)C1=C(C)N(c2ccc(C)c(F)c2)C(=S)N[C@H]1c1ccccc1C(=O)OC. The van der Waals surface area contributed by atoms with Crippen LogP contribution in [0.1, 0.15) is 34.5 Å². The van der Waals surface area contributed by atoms with E-state index in [9.17, 15) is 14.0 Å². The highest BCUT2D eigenvalue weighted by Crippen LogP contribution is 2.36. The Morgan fingerprint density at radius 1 is 1.07 bits per heavy atom. The minimum absolute atomic E-state index is 0.253. The summed E-state index contributed by atoms with van der Waals surface area (Å²) in [6.45, 7) is 3.36. The van der Waals surface area contributed by atoms with Crippen LogP contribution < -0.4 is 10.2 Å². The molecular weight excluding hydrogens is 407 g/mol. The van der Waals surface area contributed by atoms with Gasteiger partial charge in [0.2, 0.25) is 0 Å². The first-order valence-corrected chi connectivity index (χ1v) is 9.54. The monoisotopic (exact) mass is 428 g/mol. The summed E-state index contributed by atoms with van der Waals surface area (Å²) in [4.78, 5) is 26.6. The third-order valence-corrected chi connectivity index (χ3v) is 5.28. The standard InChI is InChI=1S/C22H21FN2O4S/c1-12-9-10-14(11-17(12)23)25-13(2)18(21(27)29-4)19(24-22(25)30)15-7-5-6-8-16(15)20(26)28-3/h5-11,19H,1-4H3,(H,24,30)/t19-/m0/s1. The van der Waals surface area contributed by atoms with Gasteiger partial charge in [-0.2, -0.15) is 0 Å². The van der Waals surface area contributed by atoms with Gasteiger partial charge in [0.05, 0.1) is 37.1 Å². The molecule has 2 aromatic carbocycles. The van der Waals surface area contributed by atoms with Crippen LogP contribution in [0.3, 0.4) is 0 Å².